The molecule has 4 nitrogen and oxygen atoms in total. The summed E-state index contributed by atoms with van der Waals surface area (Å²) >= 11 is 0. The molecule has 9 rings (SSSR count). The van der Waals surface area contributed by atoms with Crippen LogP contribution in [-0.2, 0) is 0 Å². The van der Waals surface area contributed by atoms with Crippen LogP contribution in [0.15, 0.2) is 174 Å². The van der Waals surface area contributed by atoms with Crippen molar-refractivity contribution in [3.8, 4) is 67.5 Å². The van der Waals surface area contributed by atoms with Gasteiger partial charge in [-0.3, -0.25) is 0 Å². The van der Waals surface area contributed by atoms with Gasteiger partial charge in [-0.1, -0.05) is 163 Å². The van der Waals surface area contributed by atoms with Gasteiger partial charge in [0.05, 0.1) is 23.3 Å². The lowest BCUT2D eigenvalue weighted by atomic mass is 9.99. The van der Waals surface area contributed by atoms with E-state index in [0.717, 1.165) is 16.5 Å². The molecule has 0 atom stereocenters. The largest absolute Gasteiger partial charge is 0.455 e. The molecule has 0 spiro atoms. The minimum absolute atomic E-state index is 0.0438. The molecule has 0 aliphatic heterocycles. The number of hydrogen-bond donors (Lipinski definition) is 0. The fraction of sp³-hybridized carbons (Fsp3) is 0.0217. The zero-order chi connectivity index (χ0) is 48.2. The number of nitrogens with zero attached hydrogens (tertiary/aromatic N) is 3. The van der Waals surface area contributed by atoms with Gasteiger partial charge >= 0.3 is 0 Å². The first-order valence-electron chi connectivity index (χ1n) is 23.9. The van der Waals surface area contributed by atoms with E-state index in [1.165, 1.54) is 6.92 Å². The Balaban J connectivity index is 1.35. The van der Waals surface area contributed by atoms with Crippen LogP contribution in [-0.4, -0.2) is 15.0 Å². The van der Waals surface area contributed by atoms with Crippen molar-refractivity contribution < 1.29 is 27.7 Å². The van der Waals surface area contributed by atoms with E-state index in [-0.39, 0.29) is 22.3 Å². The Hall–Kier alpha value is -6.65. The molecule has 2 aromatic heterocycles. The molecule has 9 aromatic rings. The lowest BCUT2D eigenvalue weighted by molar-refractivity contribution is 0.671. The molecular formula is C46H31N3O. The number of hydrogen-bond acceptors (Lipinski definition) is 4. The van der Waals surface area contributed by atoms with Crippen LogP contribution in [0.1, 0.15) is 28.9 Å². The van der Waals surface area contributed by atoms with Gasteiger partial charge in [-0.15, -0.1) is 0 Å². The second-order valence-electron chi connectivity index (χ2n) is 11.1. The summed E-state index contributed by atoms with van der Waals surface area (Å²) in [6.07, 6.45) is 0. The average Bonchev–Trinajstić information content (AvgIpc) is 3.71. The Morgan fingerprint density at radius 2 is 0.940 bits per heavy atom. The van der Waals surface area contributed by atoms with E-state index in [4.69, 9.17) is 26.3 Å². The summed E-state index contributed by atoms with van der Waals surface area (Å²) in [5.74, 6) is -1.80. The molecule has 0 amide bonds. The van der Waals surface area contributed by atoms with Crippen molar-refractivity contribution in [3.05, 3.63) is 175 Å². The van der Waals surface area contributed by atoms with E-state index >= 15 is 0 Å². The number of aromatic nitrogens is 3. The van der Waals surface area contributed by atoms with Crippen LogP contribution >= 0.6 is 0 Å². The molecule has 0 saturated carbocycles. The van der Waals surface area contributed by atoms with Crippen LogP contribution in [0.25, 0.3) is 89.5 Å². The third-order valence-electron chi connectivity index (χ3n) is 7.93. The summed E-state index contributed by atoms with van der Waals surface area (Å²) in [6.45, 7) is 1.37. The van der Waals surface area contributed by atoms with E-state index in [2.05, 4.69) is 15.0 Å². The molecule has 0 aliphatic carbocycles. The van der Waals surface area contributed by atoms with Crippen molar-refractivity contribution >= 4 is 21.9 Å². The maximum Gasteiger partial charge on any atom is 0.164 e. The Morgan fingerprint density at radius 3 is 1.62 bits per heavy atom. The lowest BCUT2D eigenvalue weighted by Crippen LogP contribution is -2.00. The first kappa shape index (κ1) is 16.6. The Morgan fingerprint density at radius 1 is 0.420 bits per heavy atom. The highest BCUT2D eigenvalue weighted by molar-refractivity contribution is 6.13. The molecule has 7 aromatic carbocycles. The van der Waals surface area contributed by atoms with Crippen molar-refractivity contribution in [2.24, 2.45) is 0 Å². The molecule has 4 heteroatoms. The Kier molecular flexibility index (Phi) is 4.13. The van der Waals surface area contributed by atoms with E-state index in [1.807, 2.05) is 48.5 Å². The van der Waals surface area contributed by atoms with Gasteiger partial charge in [0.25, 0.3) is 0 Å². The smallest absolute Gasteiger partial charge is 0.164 e. The summed E-state index contributed by atoms with van der Waals surface area (Å²) < 4.78 is 156. The molecule has 236 valence electrons. The van der Waals surface area contributed by atoms with E-state index in [1.54, 1.807) is 18.2 Å². The van der Waals surface area contributed by atoms with Crippen LogP contribution in [0.3, 0.4) is 0 Å². The molecule has 0 radical (unpaired) electrons. The Labute approximate surface area is 314 Å². The quantitative estimate of drug-likeness (QED) is 0.178. The summed E-state index contributed by atoms with van der Waals surface area (Å²) in [6, 6.07) is 8.35. The molecule has 0 bridgehead atoms. The second kappa shape index (κ2) is 12.4. The van der Waals surface area contributed by atoms with Crippen molar-refractivity contribution in [1.82, 2.24) is 15.0 Å². The summed E-state index contributed by atoms with van der Waals surface area (Å²) in [5.41, 5.74) is -0.325. The van der Waals surface area contributed by atoms with Gasteiger partial charge in [-0.25, -0.2) is 15.0 Å². The number of rotatable bonds is 6. The lowest BCUT2D eigenvalue weighted by Gasteiger charge is -2.10. The topological polar surface area (TPSA) is 51.8 Å². The minimum atomic E-state index is -0.853. The molecule has 0 saturated heterocycles. The monoisotopic (exact) mass is 658 g/mol. The van der Waals surface area contributed by atoms with Crippen molar-refractivity contribution in [1.29, 1.82) is 0 Å². The highest BCUT2D eigenvalue weighted by Gasteiger charge is 2.17. The first-order valence-corrected chi connectivity index (χ1v) is 15.4. The predicted molar refractivity (Wildman–Crippen MR) is 204 cm³/mol. The molecule has 0 fully saturated rings. The maximum absolute atomic E-state index is 9.68. The normalized spacial score (nSPS) is 16.1. The van der Waals surface area contributed by atoms with Crippen molar-refractivity contribution in [2.45, 2.75) is 6.92 Å². The number of benzene rings is 7. The summed E-state index contributed by atoms with van der Waals surface area (Å²) in [7, 11) is 0. The van der Waals surface area contributed by atoms with Crippen LogP contribution in [0, 0.1) is 6.92 Å². The first-order chi connectivity index (χ1) is 31.8. The fourth-order valence-corrected chi connectivity index (χ4v) is 5.64. The van der Waals surface area contributed by atoms with E-state index in [9.17, 15) is 1.37 Å². The summed E-state index contributed by atoms with van der Waals surface area (Å²) in [4.78, 5) is 13.4. The highest BCUT2D eigenvalue weighted by Crippen LogP contribution is 2.40. The van der Waals surface area contributed by atoms with E-state index < -0.39 is 148 Å². The third kappa shape index (κ3) is 5.43. The summed E-state index contributed by atoms with van der Waals surface area (Å²) in [5, 5.41) is 1.35. The zero-order valence-corrected chi connectivity index (χ0v) is 26.1. The van der Waals surface area contributed by atoms with Crippen molar-refractivity contribution in [2.75, 3.05) is 0 Å². The zero-order valence-electron chi connectivity index (χ0n) is 43.1. The van der Waals surface area contributed by atoms with Crippen LogP contribution < -0.4 is 0 Å². The molecular weight excluding hydrogens is 611 g/mol. The van der Waals surface area contributed by atoms with Gasteiger partial charge in [0.2, 0.25) is 0 Å². The average molecular weight is 659 g/mol. The van der Waals surface area contributed by atoms with Gasteiger partial charge in [-0.05, 0) is 41.3 Å². The van der Waals surface area contributed by atoms with Gasteiger partial charge in [0.1, 0.15) is 11.2 Å². The van der Waals surface area contributed by atoms with Crippen LogP contribution in [0.5, 0.6) is 0 Å². The fourth-order valence-electron chi connectivity index (χ4n) is 5.64. The second-order valence-corrected chi connectivity index (χ2v) is 11.1. The predicted octanol–water partition coefficient (Wildman–Crippen LogP) is 12.1. The van der Waals surface area contributed by atoms with Gasteiger partial charge < -0.3 is 4.42 Å². The number of para-hydroxylation sites is 2. The minimum Gasteiger partial charge on any atom is -0.455 e. The van der Waals surface area contributed by atoms with Gasteiger partial charge in [0.15, 0.2) is 17.5 Å². The van der Waals surface area contributed by atoms with Crippen molar-refractivity contribution in [3.63, 3.8) is 0 Å². The Bertz CT molecular complexity index is 3550. The molecule has 0 aliphatic rings. The number of furan rings is 1. The van der Waals surface area contributed by atoms with Gasteiger partial charge in [-0.2, -0.15) is 0 Å². The molecule has 2 heterocycles. The SMILES string of the molecule is [2H]c1c([2H])c([2H])c(-c2c([2H])c([2H])c(-c3nc(-c4c([2H])c([2H])c([2H])c(C)c4[2H])nc(-c4c([2H])c([2H])c([2H])c(-c5cccc6c5oc5c(-c7ccccc7)cccc56)c4[2H])n3)c([2H])c2[2H])c([2H])c1[2H]. The van der Waals surface area contributed by atoms with E-state index in [0.29, 0.717) is 11.0 Å². The van der Waals surface area contributed by atoms with Crippen LogP contribution in [0.2, 0.25) is 0 Å². The molecule has 0 unspecified atom stereocenters. The van der Waals surface area contributed by atoms with Gasteiger partial charge in [0, 0.05) is 38.6 Å². The maximum atomic E-state index is 9.68. The number of fused-ring (bicyclic) bond motifs is 3. The molecule has 0 N–H and O–H groups in total. The third-order valence-corrected chi connectivity index (χ3v) is 7.93. The van der Waals surface area contributed by atoms with Crippen LogP contribution in [0.4, 0.5) is 0 Å². The highest BCUT2D eigenvalue weighted by atomic mass is 16.3. The standard InChI is InChI=1S/C46H31N3O/c1-30-12-8-18-36(28-30)45-47-44(34-26-24-32(25-27-34)31-13-4-2-5-14-31)48-46(49-45)37-19-9-17-35(29-37)39-21-11-23-41-40-22-10-20-38(42(40)50-43(39)41)33-15-6-3-7-16-33/h2-29H,1H3/i2D,4D,5D,8D,9D,12D,13D,14D,17D,18D,19D,24D,25D,26D,27D,28D,29D. The molecule has 50 heavy (non-hydrogen) atoms.